The molecule has 35 heavy (non-hydrogen) atoms. The highest BCUT2D eigenvalue weighted by Crippen LogP contribution is 2.35. The zero-order valence-corrected chi connectivity index (χ0v) is 20.8. The number of ether oxygens (including phenoxy) is 1. The molecule has 0 saturated carbocycles. The summed E-state index contributed by atoms with van der Waals surface area (Å²) in [4.78, 5) is 28.5. The van der Waals surface area contributed by atoms with Crippen molar-refractivity contribution in [2.75, 3.05) is 30.5 Å². The Bertz CT molecular complexity index is 1480. The molecule has 10 heteroatoms. The largest absolute Gasteiger partial charge is 0.496 e. The van der Waals surface area contributed by atoms with Crippen LogP contribution in [-0.4, -0.2) is 50.5 Å². The number of likely N-dealkylation sites (N-methyl/N-ethyl adjacent to an activating group) is 1. The van der Waals surface area contributed by atoms with Gasteiger partial charge in [0.15, 0.2) is 5.65 Å². The molecule has 0 saturated heterocycles. The van der Waals surface area contributed by atoms with Crippen molar-refractivity contribution >= 4 is 46.4 Å². The second-order valence-electron chi connectivity index (χ2n) is 8.33. The normalized spacial score (nSPS) is 12.9. The third-order valence-electron chi connectivity index (χ3n) is 6.05. The number of aromatic nitrogens is 5. The zero-order chi connectivity index (χ0) is 24.7. The number of anilines is 2. The maximum atomic E-state index is 13.4. The van der Waals surface area contributed by atoms with E-state index in [4.69, 9.17) is 15.6 Å². The van der Waals surface area contributed by atoms with Crippen molar-refractivity contribution in [3.8, 4) is 5.75 Å². The average molecular weight is 488 g/mol. The number of nitrogen functional groups attached to an aromatic ring is 1. The first-order chi connectivity index (χ1) is 16.9. The number of thioether (sulfide) groups is 1. The molecule has 1 aromatic carbocycles. The molecule has 0 spiro atoms. The topological polar surface area (TPSA) is 112 Å². The number of nitrogens with two attached hydrogens (primary N) is 1. The quantitative estimate of drug-likeness (QED) is 0.425. The van der Waals surface area contributed by atoms with Crippen LogP contribution in [0.25, 0.3) is 17.1 Å². The Kier molecular flexibility index (Phi) is 5.89. The maximum Gasteiger partial charge on any atom is 0.254 e. The molecule has 0 aliphatic carbocycles. The second-order valence-corrected chi connectivity index (χ2v) is 9.30. The standard InChI is InChI=1S/C25H25N7O2S/c1-14-11-27-19(15(2)21(14)34-4)12-32-22-20-18(30-32)10-16(13-35-23(20)29-25(26)28-22)24(33)31(3)17-8-6-5-7-9-17/h5-11H,12-13H2,1-4H3,(H2,26,28,29). The summed E-state index contributed by atoms with van der Waals surface area (Å²) in [5.74, 6) is 1.32. The van der Waals surface area contributed by atoms with Crippen LogP contribution in [0.15, 0.2) is 47.1 Å². The van der Waals surface area contributed by atoms with Gasteiger partial charge in [-0.2, -0.15) is 10.1 Å². The smallest absolute Gasteiger partial charge is 0.254 e. The summed E-state index contributed by atoms with van der Waals surface area (Å²) in [5.41, 5.74) is 11.5. The molecule has 3 aromatic heterocycles. The van der Waals surface area contributed by atoms with E-state index < -0.39 is 0 Å². The lowest BCUT2D eigenvalue weighted by Crippen LogP contribution is -2.28. The molecular formula is C25H25N7O2S. The molecule has 4 aromatic rings. The van der Waals surface area contributed by atoms with E-state index in [2.05, 4.69) is 15.0 Å². The van der Waals surface area contributed by atoms with E-state index in [1.807, 2.05) is 50.3 Å². The summed E-state index contributed by atoms with van der Waals surface area (Å²) in [5, 5.41) is 6.31. The van der Waals surface area contributed by atoms with E-state index >= 15 is 0 Å². The lowest BCUT2D eigenvalue weighted by Gasteiger charge is -2.18. The lowest BCUT2D eigenvalue weighted by molar-refractivity contribution is -0.114. The predicted octanol–water partition coefficient (Wildman–Crippen LogP) is 3.63. The van der Waals surface area contributed by atoms with Gasteiger partial charge in [-0.15, -0.1) is 11.8 Å². The number of pyridine rings is 1. The molecule has 0 bridgehead atoms. The van der Waals surface area contributed by atoms with Gasteiger partial charge in [-0.25, -0.2) is 9.67 Å². The number of methoxy groups -OCH3 is 1. The Hall–Kier alpha value is -3.92. The third kappa shape index (κ3) is 4.10. The Morgan fingerprint density at radius 3 is 2.74 bits per heavy atom. The van der Waals surface area contributed by atoms with E-state index in [9.17, 15) is 4.79 Å². The van der Waals surface area contributed by atoms with E-state index in [1.54, 1.807) is 29.9 Å². The molecule has 9 nitrogen and oxygen atoms in total. The second kappa shape index (κ2) is 9.03. The monoisotopic (exact) mass is 487 g/mol. The van der Waals surface area contributed by atoms with Gasteiger partial charge in [0.1, 0.15) is 10.8 Å². The summed E-state index contributed by atoms with van der Waals surface area (Å²) in [6, 6.07) is 9.55. The van der Waals surface area contributed by atoms with Crippen molar-refractivity contribution in [2.24, 2.45) is 0 Å². The van der Waals surface area contributed by atoms with E-state index in [-0.39, 0.29) is 11.9 Å². The van der Waals surface area contributed by atoms with Gasteiger partial charge in [-0.1, -0.05) is 18.2 Å². The molecule has 1 aliphatic heterocycles. The lowest BCUT2D eigenvalue weighted by atomic mass is 10.1. The number of amides is 1. The number of hydrogen-bond donors (Lipinski definition) is 1. The van der Waals surface area contributed by atoms with Gasteiger partial charge < -0.3 is 15.4 Å². The van der Waals surface area contributed by atoms with Crippen LogP contribution in [0.1, 0.15) is 22.5 Å². The fourth-order valence-electron chi connectivity index (χ4n) is 4.23. The van der Waals surface area contributed by atoms with Crippen molar-refractivity contribution < 1.29 is 9.53 Å². The summed E-state index contributed by atoms with van der Waals surface area (Å²) in [7, 11) is 3.42. The first kappa shape index (κ1) is 22.9. The fraction of sp³-hybridized carbons (Fsp3) is 0.240. The Morgan fingerprint density at radius 1 is 1.23 bits per heavy atom. The number of nitrogens with zero attached hydrogens (tertiary/aromatic N) is 6. The molecule has 178 valence electrons. The van der Waals surface area contributed by atoms with Crippen molar-refractivity contribution in [3.63, 3.8) is 0 Å². The number of rotatable bonds is 5. The van der Waals surface area contributed by atoms with Crippen molar-refractivity contribution in [1.82, 2.24) is 24.7 Å². The van der Waals surface area contributed by atoms with Crippen LogP contribution >= 0.6 is 11.8 Å². The van der Waals surface area contributed by atoms with Crippen LogP contribution < -0.4 is 15.4 Å². The predicted molar refractivity (Wildman–Crippen MR) is 138 cm³/mol. The number of carbonyl (C=O) groups is 1. The van der Waals surface area contributed by atoms with Crippen LogP contribution in [0.2, 0.25) is 0 Å². The van der Waals surface area contributed by atoms with Crippen molar-refractivity contribution in [2.45, 2.75) is 25.4 Å². The van der Waals surface area contributed by atoms with Crippen LogP contribution in [-0.2, 0) is 11.3 Å². The molecule has 1 amide bonds. The fourth-order valence-corrected chi connectivity index (χ4v) is 5.23. The molecule has 2 N–H and O–H groups in total. The minimum atomic E-state index is -0.0964. The van der Waals surface area contributed by atoms with Crippen molar-refractivity contribution in [3.05, 3.63) is 64.6 Å². The molecule has 0 atom stereocenters. The molecule has 0 radical (unpaired) electrons. The summed E-state index contributed by atoms with van der Waals surface area (Å²) >= 11 is 1.46. The average Bonchev–Trinajstić information content (AvgIpc) is 3.08. The zero-order valence-electron chi connectivity index (χ0n) is 19.9. The van der Waals surface area contributed by atoms with Gasteiger partial charge in [0.25, 0.3) is 5.91 Å². The molecule has 1 aliphatic rings. The number of carbonyl (C=O) groups excluding carboxylic acids is 1. The molecule has 0 fully saturated rings. The minimum absolute atomic E-state index is 0.0964. The van der Waals surface area contributed by atoms with E-state index in [0.717, 1.165) is 33.6 Å². The highest BCUT2D eigenvalue weighted by Gasteiger charge is 2.25. The summed E-state index contributed by atoms with van der Waals surface area (Å²) < 4.78 is 7.33. The number of para-hydroxylation sites is 1. The SMILES string of the molecule is COc1c(C)cnc(Cn2nc3c4c(nc(N)nc42)SCC(C(=O)N(C)c2ccccc2)=C3)c1C. The Labute approximate surface area is 207 Å². The Morgan fingerprint density at radius 2 is 2.00 bits per heavy atom. The van der Waals surface area contributed by atoms with Gasteiger partial charge in [0.2, 0.25) is 5.95 Å². The molecule has 0 unspecified atom stereocenters. The van der Waals surface area contributed by atoms with Crippen molar-refractivity contribution in [1.29, 1.82) is 0 Å². The first-order valence-corrected chi connectivity index (χ1v) is 12.1. The van der Waals surface area contributed by atoms with Crippen LogP contribution in [0.3, 0.4) is 0 Å². The van der Waals surface area contributed by atoms with E-state index in [0.29, 0.717) is 34.2 Å². The minimum Gasteiger partial charge on any atom is -0.496 e. The van der Waals surface area contributed by atoms with Gasteiger partial charge >= 0.3 is 0 Å². The van der Waals surface area contributed by atoms with Gasteiger partial charge in [0.05, 0.1) is 30.4 Å². The number of hydrogen-bond acceptors (Lipinski definition) is 8. The van der Waals surface area contributed by atoms with E-state index in [1.165, 1.54) is 11.8 Å². The van der Waals surface area contributed by atoms with Gasteiger partial charge in [-0.3, -0.25) is 9.78 Å². The number of benzene rings is 1. The summed E-state index contributed by atoms with van der Waals surface area (Å²) in [6.07, 6.45) is 3.62. The number of aryl methyl sites for hydroxylation is 1. The van der Waals surface area contributed by atoms with Crippen LogP contribution in [0.4, 0.5) is 11.6 Å². The van der Waals surface area contributed by atoms with Crippen LogP contribution in [0, 0.1) is 13.8 Å². The Balaban J connectivity index is 1.58. The van der Waals surface area contributed by atoms with Gasteiger partial charge in [-0.05, 0) is 32.1 Å². The first-order valence-electron chi connectivity index (χ1n) is 11.1. The molecular weight excluding hydrogens is 462 g/mol. The summed E-state index contributed by atoms with van der Waals surface area (Å²) in [6.45, 7) is 4.31. The molecule has 4 heterocycles. The van der Waals surface area contributed by atoms with Crippen LogP contribution in [0.5, 0.6) is 5.75 Å². The van der Waals surface area contributed by atoms with Gasteiger partial charge in [0, 0.05) is 41.4 Å². The third-order valence-corrected chi connectivity index (χ3v) is 7.07. The highest BCUT2D eigenvalue weighted by atomic mass is 32.2. The highest BCUT2D eigenvalue weighted by molar-refractivity contribution is 7.99. The molecule has 5 rings (SSSR count). The maximum absolute atomic E-state index is 13.4.